The lowest BCUT2D eigenvalue weighted by molar-refractivity contribution is 0.190. The molecule has 0 aliphatic carbocycles. The fourth-order valence-electron chi connectivity index (χ4n) is 2.27. The molecule has 0 bridgehead atoms. The summed E-state index contributed by atoms with van der Waals surface area (Å²) < 4.78 is 7.60. The van der Waals surface area contributed by atoms with Gasteiger partial charge in [-0.05, 0) is 39.8 Å². The molecule has 1 aromatic carbocycles. The number of aryl methyl sites for hydroxylation is 2. The number of rotatable bonds is 5. The van der Waals surface area contributed by atoms with Gasteiger partial charge in [-0.15, -0.1) is 0 Å². The van der Waals surface area contributed by atoms with E-state index in [0.29, 0.717) is 0 Å². The molecule has 0 fully saturated rings. The molecular formula is C16H22N2O2. The highest BCUT2D eigenvalue weighted by Gasteiger charge is 2.20. The topological polar surface area (TPSA) is 47.3 Å². The van der Waals surface area contributed by atoms with Crippen molar-refractivity contribution in [3.63, 3.8) is 0 Å². The number of para-hydroxylation sites is 1. The van der Waals surface area contributed by atoms with Crippen LogP contribution in [-0.2, 0) is 6.54 Å². The van der Waals surface area contributed by atoms with Crippen molar-refractivity contribution in [1.82, 2.24) is 9.78 Å². The zero-order valence-corrected chi connectivity index (χ0v) is 12.5. The highest BCUT2D eigenvalue weighted by atomic mass is 16.5. The summed E-state index contributed by atoms with van der Waals surface area (Å²) in [5, 5.41) is 15.1. The predicted molar refractivity (Wildman–Crippen MR) is 78.9 cm³/mol. The van der Waals surface area contributed by atoms with E-state index in [1.165, 1.54) is 0 Å². The van der Waals surface area contributed by atoms with E-state index in [4.69, 9.17) is 4.74 Å². The molecule has 0 aliphatic rings. The molecule has 20 heavy (non-hydrogen) atoms. The number of aliphatic hydroxyl groups excluding tert-OH is 1. The molecular weight excluding hydrogens is 252 g/mol. The Bertz CT molecular complexity index is 576. The van der Waals surface area contributed by atoms with Gasteiger partial charge in [0.05, 0.1) is 17.5 Å². The molecule has 1 N–H and O–H groups in total. The van der Waals surface area contributed by atoms with Crippen molar-refractivity contribution in [1.29, 1.82) is 0 Å². The molecule has 0 radical (unpaired) electrons. The van der Waals surface area contributed by atoms with Crippen molar-refractivity contribution in [3.05, 3.63) is 47.3 Å². The quantitative estimate of drug-likeness (QED) is 0.911. The minimum absolute atomic E-state index is 0.0705. The van der Waals surface area contributed by atoms with Gasteiger partial charge in [-0.25, -0.2) is 0 Å². The lowest BCUT2D eigenvalue weighted by Crippen LogP contribution is -2.12. The van der Waals surface area contributed by atoms with Gasteiger partial charge in [0.25, 0.3) is 0 Å². The van der Waals surface area contributed by atoms with Crippen molar-refractivity contribution in [2.24, 2.45) is 0 Å². The summed E-state index contributed by atoms with van der Waals surface area (Å²) in [4.78, 5) is 0. The minimum atomic E-state index is -0.730. The Hall–Kier alpha value is -1.81. The number of hydrogen-bond donors (Lipinski definition) is 1. The second-order valence-corrected chi connectivity index (χ2v) is 5.13. The van der Waals surface area contributed by atoms with Crippen molar-refractivity contribution in [3.8, 4) is 5.75 Å². The van der Waals surface area contributed by atoms with E-state index in [1.54, 1.807) is 0 Å². The largest absolute Gasteiger partial charge is 0.491 e. The highest BCUT2D eigenvalue weighted by molar-refractivity contribution is 5.39. The first kappa shape index (κ1) is 14.6. The number of aromatic nitrogens is 2. The molecule has 2 aromatic rings. The molecule has 0 aliphatic heterocycles. The smallest absolute Gasteiger partial charge is 0.125 e. The average molecular weight is 274 g/mol. The number of hydrogen-bond acceptors (Lipinski definition) is 3. The Morgan fingerprint density at radius 1 is 1.30 bits per heavy atom. The lowest BCUT2D eigenvalue weighted by atomic mass is 10.0. The van der Waals surface area contributed by atoms with Crippen LogP contribution in [0.15, 0.2) is 30.3 Å². The molecule has 4 heteroatoms. The van der Waals surface area contributed by atoms with Gasteiger partial charge in [0.1, 0.15) is 11.9 Å². The van der Waals surface area contributed by atoms with Crippen LogP contribution in [0.4, 0.5) is 0 Å². The van der Waals surface area contributed by atoms with Crippen molar-refractivity contribution < 1.29 is 9.84 Å². The van der Waals surface area contributed by atoms with E-state index in [9.17, 15) is 5.11 Å². The maximum absolute atomic E-state index is 10.7. The molecule has 1 unspecified atom stereocenters. The molecule has 0 saturated heterocycles. The van der Waals surface area contributed by atoms with Crippen molar-refractivity contribution in [2.45, 2.75) is 46.4 Å². The van der Waals surface area contributed by atoms with Crippen LogP contribution in [0.2, 0.25) is 0 Å². The van der Waals surface area contributed by atoms with Crippen LogP contribution in [0.5, 0.6) is 5.75 Å². The van der Waals surface area contributed by atoms with Gasteiger partial charge in [0.15, 0.2) is 0 Å². The van der Waals surface area contributed by atoms with Gasteiger partial charge in [-0.2, -0.15) is 5.10 Å². The van der Waals surface area contributed by atoms with Gasteiger partial charge in [0, 0.05) is 12.1 Å². The fraction of sp³-hybridized carbons (Fsp3) is 0.438. The van der Waals surface area contributed by atoms with Gasteiger partial charge in [-0.3, -0.25) is 4.68 Å². The molecule has 0 saturated carbocycles. The van der Waals surface area contributed by atoms with Crippen LogP contribution in [0.25, 0.3) is 0 Å². The zero-order chi connectivity index (χ0) is 14.7. The van der Waals surface area contributed by atoms with Crippen LogP contribution in [-0.4, -0.2) is 21.0 Å². The number of nitrogens with zero attached hydrogens (tertiary/aromatic N) is 2. The predicted octanol–water partition coefficient (Wildman–Crippen LogP) is 3.08. The Balaban J connectivity index is 2.39. The number of aliphatic hydroxyl groups is 1. The van der Waals surface area contributed by atoms with Crippen LogP contribution in [0.1, 0.15) is 43.8 Å². The minimum Gasteiger partial charge on any atom is -0.491 e. The molecule has 1 heterocycles. The Labute approximate surface area is 120 Å². The van der Waals surface area contributed by atoms with Crippen LogP contribution < -0.4 is 4.74 Å². The molecule has 0 spiro atoms. The summed E-state index contributed by atoms with van der Waals surface area (Å²) in [5.74, 6) is 0.719. The summed E-state index contributed by atoms with van der Waals surface area (Å²) >= 11 is 0. The Morgan fingerprint density at radius 2 is 2.00 bits per heavy atom. The van der Waals surface area contributed by atoms with E-state index in [-0.39, 0.29) is 6.10 Å². The van der Waals surface area contributed by atoms with Gasteiger partial charge < -0.3 is 9.84 Å². The van der Waals surface area contributed by atoms with Crippen molar-refractivity contribution >= 4 is 0 Å². The maximum atomic E-state index is 10.7. The monoisotopic (exact) mass is 274 g/mol. The SMILES string of the molecule is CCn1nc(C)cc1C(O)c1ccccc1OC(C)C. The van der Waals surface area contributed by atoms with Crippen LogP contribution in [0.3, 0.4) is 0 Å². The summed E-state index contributed by atoms with van der Waals surface area (Å²) in [5.41, 5.74) is 2.48. The average Bonchev–Trinajstić information content (AvgIpc) is 2.79. The van der Waals surface area contributed by atoms with Crippen LogP contribution >= 0.6 is 0 Å². The molecule has 4 nitrogen and oxygen atoms in total. The lowest BCUT2D eigenvalue weighted by Gasteiger charge is -2.18. The first-order chi connectivity index (χ1) is 9.52. The summed E-state index contributed by atoms with van der Waals surface area (Å²) in [6.07, 6.45) is -0.660. The van der Waals surface area contributed by atoms with Crippen molar-refractivity contribution in [2.75, 3.05) is 0 Å². The third kappa shape index (κ3) is 3.02. The second kappa shape index (κ2) is 6.09. The summed E-state index contributed by atoms with van der Waals surface area (Å²) in [6, 6.07) is 9.52. The van der Waals surface area contributed by atoms with Gasteiger partial charge >= 0.3 is 0 Å². The molecule has 1 atom stereocenters. The van der Waals surface area contributed by atoms with Gasteiger partial charge in [-0.1, -0.05) is 18.2 Å². The van der Waals surface area contributed by atoms with E-state index < -0.39 is 6.10 Å². The van der Waals surface area contributed by atoms with E-state index >= 15 is 0 Å². The summed E-state index contributed by atoms with van der Waals surface area (Å²) in [7, 11) is 0. The standard InChI is InChI=1S/C16H22N2O2/c1-5-18-14(10-12(4)17-18)16(19)13-8-6-7-9-15(13)20-11(2)3/h6-11,16,19H,5H2,1-4H3. The zero-order valence-electron chi connectivity index (χ0n) is 12.5. The van der Waals surface area contributed by atoms with E-state index in [2.05, 4.69) is 5.10 Å². The number of ether oxygens (including phenoxy) is 1. The maximum Gasteiger partial charge on any atom is 0.125 e. The normalized spacial score (nSPS) is 12.7. The first-order valence-electron chi connectivity index (χ1n) is 7.01. The summed E-state index contributed by atoms with van der Waals surface area (Å²) in [6.45, 7) is 8.62. The third-order valence-electron chi connectivity index (χ3n) is 3.09. The van der Waals surface area contributed by atoms with Crippen LogP contribution in [0, 0.1) is 6.92 Å². The molecule has 0 amide bonds. The fourth-order valence-corrected chi connectivity index (χ4v) is 2.27. The molecule has 2 rings (SSSR count). The Morgan fingerprint density at radius 3 is 2.65 bits per heavy atom. The van der Waals surface area contributed by atoms with E-state index in [1.807, 2.05) is 62.7 Å². The highest BCUT2D eigenvalue weighted by Crippen LogP contribution is 2.30. The second-order valence-electron chi connectivity index (χ2n) is 5.13. The van der Waals surface area contributed by atoms with E-state index in [0.717, 1.165) is 29.2 Å². The molecule has 1 aromatic heterocycles. The first-order valence-corrected chi connectivity index (χ1v) is 7.01. The van der Waals surface area contributed by atoms with Gasteiger partial charge in [0.2, 0.25) is 0 Å². The Kier molecular flexibility index (Phi) is 4.45. The molecule has 108 valence electrons. The third-order valence-corrected chi connectivity index (χ3v) is 3.09. The number of benzene rings is 1.